The number of anilines is 2. The van der Waals surface area contributed by atoms with E-state index in [-0.39, 0.29) is 22.8 Å². The monoisotopic (exact) mass is 568 g/mol. The molecule has 0 saturated carbocycles. The zero-order valence-corrected chi connectivity index (χ0v) is 21.8. The van der Waals surface area contributed by atoms with Gasteiger partial charge in [-0.2, -0.15) is 28.2 Å². The fourth-order valence-electron chi connectivity index (χ4n) is 5.62. The number of nitrogens with one attached hydrogen (secondary N) is 1. The molecule has 2 saturated heterocycles. The number of nitrogen functional groups attached to an aromatic ring is 1. The van der Waals surface area contributed by atoms with Gasteiger partial charge in [-0.25, -0.2) is 9.50 Å². The molecule has 0 unspecified atom stereocenters. The van der Waals surface area contributed by atoms with Crippen molar-refractivity contribution in [3.63, 3.8) is 0 Å². The van der Waals surface area contributed by atoms with Crippen LogP contribution in [0.15, 0.2) is 55.0 Å². The average molecular weight is 569 g/mol. The third-order valence-electron chi connectivity index (χ3n) is 7.87. The maximum atomic E-state index is 14.2. The normalized spacial score (nSPS) is 19.5. The molecule has 5 heterocycles. The molecule has 14 heteroatoms. The number of fused-ring (bicyclic) bond motifs is 1. The molecule has 1 spiro atoms. The zero-order chi connectivity index (χ0) is 28.8. The fraction of sp³-hybridized carbons (Fsp3) is 0.370. The standard InChI is InChI=1S/C27H27F3N8O3/c28-27(29,30)23(17-3-1-16(2-4-17)18-5-6-20-33-15-34-38(20)13-18)41-22-11-21(35-25(31)36-22)37-9-7-26(8-10-37)12-19(24(39)40)32-14-26/h1-6,11,13,15,19,23,32H,7-10,12,14H2,(H,39,40)(H2,31,35,36)/t19-,23+/m0/s1. The number of nitrogens with two attached hydrogens (primary N) is 1. The largest absolute Gasteiger partial charge is 0.480 e. The maximum absolute atomic E-state index is 14.2. The molecule has 2 aliphatic rings. The third-order valence-corrected chi connectivity index (χ3v) is 7.87. The molecule has 41 heavy (non-hydrogen) atoms. The molecule has 2 atom stereocenters. The SMILES string of the molecule is Nc1nc(O[C@H](c2ccc(-c3ccc4ncnn4c3)cc2)C(F)(F)F)cc(N2CCC3(CC2)CN[C@H](C(=O)O)C3)n1. The number of nitrogens with zero attached hydrogens (tertiary/aromatic N) is 6. The van der Waals surface area contributed by atoms with Gasteiger partial charge in [0.2, 0.25) is 17.9 Å². The number of rotatable bonds is 6. The molecule has 11 nitrogen and oxygen atoms in total. The number of pyridine rings is 1. The average Bonchev–Trinajstić information content (AvgIpc) is 3.58. The van der Waals surface area contributed by atoms with Gasteiger partial charge in [0, 0.05) is 43.0 Å². The minimum absolute atomic E-state index is 0.0940. The van der Waals surface area contributed by atoms with Crippen LogP contribution in [0, 0.1) is 5.41 Å². The van der Waals surface area contributed by atoms with Gasteiger partial charge in [-0.15, -0.1) is 0 Å². The van der Waals surface area contributed by atoms with Crippen LogP contribution >= 0.6 is 0 Å². The number of carboxylic acids is 1. The molecule has 214 valence electrons. The van der Waals surface area contributed by atoms with Crippen LogP contribution in [0.3, 0.4) is 0 Å². The van der Waals surface area contributed by atoms with E-state index in [4.69, 9.17) is 10.5 Å². The highest BCUT2D eigenvalue weighted by atomic mass is 19.4. The zero-order valence-electron chi connectivity index (χ0n) is 21.8. The van der Waals surface area contributed by atoms with Crippen molar-refractivity contribution in [3.8, 4) is 17.0 Å². The summed E-state index contributed by atoms with van der Waals surface area (Å²) >= 11 is 0. The van der Waals surface area contributed by atoms with Crippen LogP contribution in [0.5, 0.6) is 5.88 Å². The summed E-state index contributed by atoms with van der Waals surface area (Å²) in [6.07, 6.45) is -1.87. The number of halogens is 3. The van der Waals surface area contributed by atoms with Crippen molar-refractivity contribution in [3.05, 3.63) is 60.6 Å². The van der Waals surface area contributed by atoms with E-state index >= 15 is 0 Å². The van der Waals surface area contributed by atoms with Crippen molar-refractivity contribution in [2.45, 2.75) is 37.6 Å². The number of ether oxygens (including phenoxy) is 1. The first-order valence-corrected chi connectivity index (χ1v) is 13.1. The number of benzene rings is 1. The Morgan fingerprint density at radius 1 is 1.12 bits per heavy atom. The van der Waals surface area contributed by atoms with E-state index in [0.717, 1.165) is 5.56 Å². The quantitative estimate of drug-likeness (QED) is 0.316. The van der Waals surface area contributed by atoms with E-state index in [1.807, 2.05) is 11.0 Å². The summed E-state index contributed by atoms with van der Waals surface area (Å²) in [6, 6.07) is 10.3. The number of carbonyl (C=O) groups is 1. The highest BCUT2D eigenvalue weighted by Gasteiger charge is 2.45. The Morgan fingerprint density at radius 2 is 1.85 bits per heavy atom. The predicted molar refractivity (Wildman–Crippen MR) is 142 cm³/mol. The number of aromatic nitrogens is 5. The van der Waals surface area contributed by atoms with Crippen molar-refractivity contribution >= 4 is 23.4 Å². The van der Waals surface area contributed by atoms with Crippen LogP contribution in [0.1, 0.15) is 30.9 Å². The molecule has 0 bridgehead atoms. The summed E-state index contributed by atoms with van der Waals surface area (Å²) in [6.45, 7) is 1.71. The molecule has 0 amide bonds. The Balaban J connectivity index is 1.19. The summed E-state index contributed by atoms with van der Waals surface area (Å²) < 4.78 is 49.6. The van der Waals surface area contributed by atoms with E-state index < -0.39 is 24.3 Å². The molecule has 4 N–H and O–H groups in total. The lowest BCUT2D eigenvalue weighted by Gasteiger charge is -2.39. The van der Waals surface area contributed by atoms with Gasteiger partial charge < -0.3 is 25.8 Å². The molecule has 0 aliphatic carbocycles. The number of hydrogen-bond donors (Lipinski definition) is 3. The second kappa shape index (κ2) is 10.2. The number of carboxylic acid groups (broad SMARTS) is 1. The first-order valence-electron chi connectivity index (χ1n) is 13.1. The Morgan fingerprint density at radius 3 is 2.54 bits per heavy atom. The number of aliphatic carboxylic acids is 1. The van der Waals surface area contributed by atoms with Crippen LogP contribution < -0.4 is 20.7 Å². The molecule has 4 aromatic rings. The molecule has 1 aromatic carbocycles. The van der Waals surface area contributed by atoms with Gasteiger partial charge in [-0.1, -0.05) is 24.3 Å². The predicted octanol–water partition coefficient (Wildman–Crippen LogP) is 3.48. The van der Waals surface area contributed by atoms with Gasteiger partial charge in [-0.3, -0.25) is 4.79 Å². The van der Waals surface area contributed by atoms with Gasteiger partial charge in [0.1, 0.15) is 18.2 Å². The first-order chi connectivity index (χ1) is 19.6. The second-order valence-corrected chi connectivity index (χ2v) is 10.5. The van der Waals surface area contributed by atoms with Crippen LogP contribution in [-0.4, -0.2) is 67.5 Å². The number of piperidine rings is 1. The topological polar surface area (TPSA) is 144 Å². The Labute approximate surface area is 232 Å². The van der Waals surface area contributed by atoms with E-state index in [1.54, 1.807) is 28.9 Å². The third kappa shape index (κ3) is 5.46. The van der Waals surface area contributed by atoms with Crippen molar-refractivity contribution in [2.75, 3.05) is 30.3 Å². The summed E-state index contributed by atoms with van der Waals surface area (Å²) in [5.41, 5.74) is 7.78. The van der Waals surface area contributed by atoms with Gasteiger partial charge in [0.15, 0.2) is 5.65 Å². The minimum Gasteiger partial charge on any atom is -0.480 e. The molecular formula is C27H27F3N8O3. The summed E-state index contributed by atoms with van der Waals surface area (Å²) in [5, 5.41) is 16.5. The summed E-state index contributed by atoms with van der Waals surface area (Å²) in [5.74, 6) is -0.991. The lowest BCUT2D eigenvalue weighted by Crippen LogP contribution is -2.41. The fourth-order valence-corrected chi connectivity index (χ4v) is 5.62. The number of alkyl halides is 3. The van der Waals surface area contributed by atoms with E-state index in [0.29, 0.717) is 55.9 Å². The highest BCUT2D eigenvalue weighted by molar-refractivity contribution is 5.74. The van der Waals surface area contributed by atoms with Crippen LogP contribution in [0.2, 0.25) is 0 Å². The minimum atomic E-state index is -4.73. The van der Waals surface area contributed by atoms with Gasteiger partial charge in [-0.05, 0) is 42.4 Å². The second-order valence-electron chi connectivity index (χ2n) is 10.5. The molecule has 6 rings (SSSR count). The lowest BCUT2D eigenvalue weighted by molar-refractivity contribution is -0.198. The molecule has 2 aliphatic heterocycles. The summed E-state index contributed by atoms with van der Waals surface area (Å²) in [4.78, 5) is 25.5. The number of hydrogen-bond acceptors (Lipinski definition) is 9. The van der Waals surface area contributed by atoms with E-state index in [1.165, 1.54) is 24.5 Å². The van der Waals surface area contributed by atoms with E-state index in [9.17, 15) is 23.1 Å². The van der Waals surface area contributed by atoms with Gasteiger partial charge >= 0.3 is 12.1 Å². The van der Waals surface area contributed by atoms with Crippen LogP contribution in [0.4, 0.5) is 24.9 Å². The maximum Gasteiger partial charge on any atom is 0.429 e. The lowest BCUT2D eigenvalue weighted by atomic mass is 9.76. The van der Waals surface area contributed by atoms with Crippen molar-refractivity contribution in [1.29, 1.82) is 0 Å². The van der Waals surface area contributed by atoms with Gasteiger partial charge in [0.05, 0.1) is 0 Å². The van der Waals surface area contributed by atoms with Crippen molar-refractivity contribution in [1.82, 2.24) is 29.9 Å². The Kier molecular flexibility index (Phi) is 6.64. The molecule has 2 fully saturated rings. The Bertz CT molecular complexity index is 1570. The molecule has 0 radical (unpaired) electrons. The smallest absolute Gasteiger partial charge is 0.429 e. The van der Waals surface area contributed by atoms with Crippen LogP contribution in [0.25, 0.3) is 16.8 Å². The highest BCUT2D eigenvalue weighted by Crippen LogP contribution is 2.41. The summed E-state index contributed by atoms with van der Waals surface area (Å²) in [7, 11) is 0. The first kappa shape index (κ1) is 26.7. The van der Waals surface area contributed by atoms with Gasteiger partial charge in [0.25, 0.3) is 0 Å². The van der Waals surface area contributed by atoms with Crippen molar-refractivity contribution in [2.24, 2.45) is 5.41 Å². The van der Waals surface area contributed by atoms with Crippen molar-refractivity contribution < 1.29 is 27.8 Å². The van der Waals surface area contributed by atoms with E-state index in [2.05, 4.69) is 25.4 Å². The van der Waals surface area contributed by atoms with Crippen LogP contribution in [-0.2, 0) is 4.79 Å². The Hall–Kier alpha value is -4.46. The molecule has 3 aromatic heterocycles. The molecular weight excluding hydrogens is 541 g/mol.